The van der Waals surface area contributed by atoms with Gasteiger partial charge in [0, 0.05) is 5.75 Å². The van der Waals surface area contributed by atoms with Gasteiger partial charge in [0.2, 0.25) is 0 Å². The Bertz CT molecular complexity index is 128. The molecule has 70 valence electrons. The summed E-state index contributed by atoms with van der Waals surface area (Å²) in [5.41, 5.74) is 0. The van der Waals surface area contributed by atoms with Crippen molar-refractivity contribution in [2.24, 2.45) is 0 Å². The summed E-state index contributed by atoms with van der Waals surface area (Å²) >= 11 is 1.93. The van der Waals surface area contributed by atoms with Crippen LogP contribution < -0.4 is 5.32 Å². The van der Waals surface area contributed by atoms with Crippen molar-refractivity contribution >= 4 is 11.8 Å². The third-order valence-electron chi connectivity index (χ3n) is 1.47. The second kappa shape index (κ2) is 8.96. The van der Waals surface area contributed by atoms with Gasteiger partial charge in [-0.3, -0.25) is 0 Å². The SMILES string of the molecule is C#CC(CSCCC)NCCC. The van der Waals surface area contributed by atoms with Gasteiger partial charge in [-0.25, -0.2) is 0 Å². The third kappa shape index (κ3) is 6.57. The molecule has 0 bridgehead atoms. The van der Waals surface area contributed by atoms with E-state index in [0.717, 1.165) is 18.7 Å². The van der Waals surface area contributed by atoms with Gasteiger partial charge in [0.05, 0.1) is 6.04 Å². The lowest BCUT2D eigenvalue weighted by Gasteiger charge is -2.10. The summed E-state index contributed by atoms with van der Waals surface area (Å²) in [5, 5.41) is 3.32. The molecular formula is C10H19NS. The van der Waals surface area contributed by atoms with E-state index in [1.54, 1.807) is 0 Å². The van der Waals surface area contributed by atoms with Crippen molar-refractivity contribution in [1.82, 2.24) is 5.32 Å². The van der Waals surface area contributed by atoms with Gasteiger partial charge in [0.15, 0.2) is 0 Å². The van der Waals surface area contributed by atoms with E-state index in [0.29, 0.717) is 0 Å². The maximum absolute atomic E-state index is 5.37. The van der Waals surface area contributed by atoms with E-state index in [4.69, 9.17) is 6.42 Å². The van der Waals surface area contributed by atoms with Gasteiger partial charge >= 0.3 is 0 Å². The molecular weight excluding hydrogens is 166 g/mol. The molecule has 1 unspecified atom stereocenters. The molecule has 0 aliphatic rings. The lowest BCUT2D eigenvalue weighted by Crippen LogP contribution is -2.30. The molecule has 0 saturated heterocycles. The minimum atomic E-state index is 0.265. The van der Waals surface area contributed by atoms with E-state index < -0.39 is 0 Å². The average molecular weight is 185 g/mol. The molecule has 0 amide bonds. The molecule has 2 heteroatoms. The Morgan fingerprint density at radius 3 is 2.67 bits per heavy atom. The first-order valence-electron chi connectivity index (χ1n) is 4.62. The van der Waals surface area contributed by atoms with Crippen LogP contribution in [-0.2, 0) is 0 Å². The second-order valence-corrected chi connectivity index (χ2v) is 3.90. The van der Waals surface area contributed by atoms with E-state index >= 15 is 0 Å². The summed E-state index contributed by atoms with van der Waals surface area (Å²) in [6.07, 6.45) is 7.75. The molecule has 0 spiro atoms. The highest BCUT2D eigenvalue weighted by Crippen LogP contribution is 2.03. The molecule has 0 rings (SSSR count). The zero-order valence-electron chi connectivity index (χ0n) is 8.10. The smallest absolute Gasteiger partial charge is 0.0778 e. The normalized spacial score (nSPS) is 12.4. The molecule has 0 aromatic carbocycles. The predicted octanol–water partition coefficient (Wildman–Crippen LogP) is 2.13. The van der Waals surface area contributed by atoms with Crippen molar-refractivity contribution in [3.8, 4) is 12.3 Å². The van der Waals surface area contributed by atoms with Gasteiger partial charge < -0.3 is 5.32 Å². The molecule has 0 radical (unpaired) electrons. The van der Waals surface area contributed by atoms with Gasteiger partial charge in [0.25, 0.3) is 0 Å². The summed E-state index contributed by atoms with van der Waals surface area (Å²) in [5.74, 6) is 5.02. The molecule has 1 atom stereocenters. The van der Waals surface area contributed by atoms with Crippen molar-refractivity contribution in [2.75, 3.05) is 18.1 Å². The standard InChI is InChI=1S/C10H19NS/c1-4-7-11-10(6-3)9-12-8-5-2/h3,10-11H,4-5,7-9H2,1-2H3. The molecule has 0 saturated carbocycles. The van der Waals surface area contributed by atoms with Crippen LogP contribution in [0, 0.1) is 12.3 Å². The molecule has 0 aromatic heterocycles. The van der Waals surface area contributed by atoms with E-state index in [1.807, 2.05) is 11.8 Å². The summed E-state index contributed by atoms with van der Waals surface area (Å²) in [7, 11) is 0. The van der Waals surface area contributed by atoms with Gasteiger partial charge in [-0.1, -0.05) is 19.8 Å². The van der Waals surface area contributed by atoms with Crippen LogP contribution in [-0.4, -0.2) is 24.1 Å². The number of thioether (sulfide) groups is 1. The maximum Gasteiger partial charge on any atom is 0.0778 e. The van der Waals surface area contributed by atoms with Crippen LogP contribution in [0.2, 0.25) is 0 Å². The molecule has 0 heterocycles. The van der Waals surface area contributed by atoms with E-state index in [9.17, 15) is 0 Å². The molecule has 0 aliphatic carbocycles. The number of terminal acetylenes is 1. The van der Waals surface area contributed by atoms with E-state index in [2.05, 4.69) is 25.1 Å². The van der Waals surface area contributed by atoms with E-state index in [-0.39, 0.29) is 6.04 Å². The van der Waals surface area contributed by atoms with Crippen LogP contribution in [0.1, 0.15) is 26.7 Å². The topological polar surface area (TPSA) is 12.0 Å². The minimum absolute atomic E-state index is 0.265. The Balaban J connectivity index is 3.35. The van der Waals surface area contributed by atoms with E-state index in [1.165, 1.54) is 12.2 Å². The highest BCUT2D eigenvalue weighted by molar-refractivity contribution is 7.99. The Hall–Kier alpha value is -0.130. The summed E-state index contributed by atoms with van der Waals surface area (Å²) in [4.78, 5) is 0. The minimum Gasteiger partial charge on any atom is -0.303 e. The molecule has 0 fully saturated rings. The maximum atomic E-state index is 5.37. The van der Waals surface area contributed by atoms with Crippen molar-refractivity contribution in [3.05, 3.63) is 0 Å². The fraction of sp³-hybridized carbons (Fsp3) is 0.800. The highest BCUT2D eigenvalue weighted by Gasteiger charge is 2.01. The first-order chi connectivity index (χ1) is 5.85. The third-order valence-corrected chi connectivity index (χ3v) is 2.74. The molecule has 1 N–H and O–H groups in total. The fourth-order valence-electron chi connectivity index (χ4n) is 0.830. The first kappa shape index (κ1) is 11.9. The van der Waals surface area contributed by atoms with Crippen LogP contribution in [0.25, 0.3) is 0 Å². The molecule has 12 heavy (non-hydrogen) atoms. The number of hydrogen-bond donors (Lipinski definition) is 1. The van der Waals surface area contributed by atoms with Gasteiger partial charge in [-0.05, 0) is 25.1 Å². The van der Waals surface area contributed by atoms with Crippen molar-refractivity contribution in [2.45, 2.75) is 32.7 Å². The van der Waals surface area contributed by atoms with Crippen LogP contribution >= 0.6 is 11.8 Å². The average Bonchev–Trinajstić information content (AvgIpc) is 2.11. The van der Waals surface area contributed by atoms with Gasteiger partial charge in [0.1, 0.15) is 0 Å². The van der Waals surface area contributed by atoms with Crippen LogP contribution in [0.3, 0.4) is 0 Å². The van der Waals surface area contributed by atoms with Crippen molar-refractivity contribution in [1.29, 1.82) is 0 Å². The largest absolute Gasteiger partial charge is 0.303 e. The Labute approximate surface area is 80.7 Å². The molecule has 0 aromatic rings. The fourth-order valence-corrected chi connectivity index (χ4v) is 1.74. The van der Waals surface area contributed by atoms with Crippen molar-refractivity contribution in [3.63, 3.8) is 0 Å². The Morgan fingerprint density at radius 2 is 2.17 bits per heavy atom. The zero-order chi connectivity index (χ0) is 9.23. The lowest BCUT2D eigenvalue weighted by atomic mass is 10.3. The quantitative estimate of drug-likeness (QED) is 0.482. The molecule has 0 aliphatic heterocycles. The lowest BCUT2D eigenvalue weighted by molar-refractivity contribution is 0.642. The summed E-state index contributed by atoms with van der Waals surface area (Å²) < 4.78 is 0. The van der Waals surface area contributed by atoms with Crippen LogP contribution in [0.15, 0.2) is 0 Å². The van der Waals surface area contributed by atoms with Crippen molar-refractivity contribution < 1.29 is 0 Å². The van der Waals surface area contributed by atoms with Crippen LogP contribution in [0.4, 0.5) is 0 Å². The Morgan fingerprint density at radius 1 is 1.42 bits per heavy atom. The Kier molecular flexibility index (Phi) is 8.86. The summed E-state index contributed by atoms with van der Waals surface area (Å²) in [6.45, 7) is 5.37. The number of rotatable bonds is 7. The first-order valence-corrected chi connectivity index (χ1v) is 5.77. The molecule has 1 nitrogen and oxygen atoms in total. The monoisotopic (exact) mass is 185 g/mol. The highest BCUT2D eigenvalue weighted by atomic mass is 32.2. The number of hydrogen-bond acceptors (Lipinski definition) is 2. The van der Waals surface area contributed by atoms with Gasteiger partial charge in [-0.2, -0.15) is 11.8 Å². The second-order valence-electron chi connectivity index (χ2n) is 2.75. The van der Waals surface area contributed by atoms with Crippen LogP contribution in [0.5, 0.6) is 0 Å². The predicted molar refractivity (Wildman–Crippen MR) is 58.5 cm³/mol. The zero-order valence-corrected chi connectivity index (χ0v) is 8.91. The summed E-state index contributed by atoms with van der Waals surface area (Å²) in [6, 6.07) is 0.265. The van der Waals surface area contributed by atoms with Gasteiger partial charge in [-0.15, -0.1) is 6.42 Å². The number of nitrogens with one attached hydrogen (secondary N) is 1.